The van der Waals surface area contributed by atoms with Gasteiger partial charge in [0, 0.05) is 34.5 Å². The summed E-state index contributed by atoms with van der Waals surface area (Å²) in [6.45, 7) is 2.04. The van der Waals surface area contributed by atoms with Gasteiger partial charge in [0.05, 0.1) is 18.9 Å². The highest BCUT2D eigenvalue weighted by molar-refractivity contribution is 6.31. The summed E-state index contributed by atoms with van der Waals surface area (Å²) in [5.41, 5.74) is 3.31. The smallest absolute Gasteiger partial charge is 0.221 e. The minimum Gasteiger partial charge on any atom is -0.497 e. The van der Waals surface area contributed by atoms with E-state index in [1.807, 2.05) is 73.7 Å². The third-order valence-corrected chi connectivity index (χ3v) is 6.28. The fraction of sp³-hybridized carbons (Fsp3) is 0.208. The second-order valence-corrected chi connectivity index (χ2v) is 8.49. The molecule has 0 bridgehead atoms. The summed E-state index contributed by atoms with van der Waals surface area (Å²) >= 11 is 12.4. The maximum Gasteiger partial charge on any atom is 0.221 e. The standard InChI is InChI=1S/C24H20Cl2N2O2/c1-24(16-5-7-17(25)8-6-16)28-22(20-13-18(26)9-12-23(20)30-24)14-21(27-28)15-3-10-19(29-2)11-4-15/h3-13,22H,14H2,1-2H3. The van der Waals surface area contributed by atoms with E-state index in [9.17, 15) is 0 Å². The van der Waals surface area contributed by atoms with Crippen molar-refractivity contribution in [2.24, 2.45) is 5.10 Å². The molecule has 0 saturated heterocycles. The van der Waals surface area contributed by atoms with Crippen LogP contribution in [0.25, 0.3) is 0 Å². The molecule has 2 aliphatic heterocycles. The summed E-state index contributed by atoms with van der Waals surface area (Å²) in [5, 5.41) is 8.45. The average molecular weight is 439 g/mol. The number of hydrazone groups is 1. The van der Waals surface area contributed by atoms with Crippen LogP contribution in [-0.4, -0.2) is 17.8 Å². The molecule has 2 heterocycles. The number of hydrogen-bond donors (Lipinski definition) is 0. The van der Waals surface area contributed by atoms with Crippen LogP contribution in [0.15, 0.2) is 71.8 Å². The Bertz CT molecular complexity index is 1130. The van der Waals surface area contributed by atoms with Gasteiger partial charge in [-0.2, -0.15) is 5.10 Å². The van der Waals surface area contributed by atoms with Crippen molar-refractivity contribution in [3.05, 3.63) is 93.5 Å². The van der Waals surface area contributed by atoms with Crippen LogP contribution in [0.2, 0.25) is 10.0 Å². The number of halogens is 2. The molecule has 4 nitrogen and oxygen atoms in total. The number of ether oxygens (including phenoxy) is 2. The van der Waals surface area contributed by atoms with Crippen molar-refractivity contribution in [1.29, 1.82) is 0 Å². The number of benzene rings is 3. The van der Waals surface area contributed by atoms with Crippen molar-refractivity contribution in [2.75, 3.05) is 7.11 Å². The van der Waals surface area contributed by atoms with Gasteiger partial charge in [-0.25, -0.2) is 5.01 Å². The first-order valence-corrected chi connectivity index (χ1v) is 10.5. The summed E-state index contributed by atoms with van der Waals surface area (Å²) in [6, 6.07) is 21.5. The van der Waals surface area contributed by atoms with Crippen LogP contribution in [0.3, 0.4) is 0 Å². The van der Waals surface area contributed by atoms with E-state index in [4.69, 9.17) is 37.8 Å². The van der Waals surface area contributed by atoms with Crippen molar-refractivity contribution in [2.45, 2.75) is 25.1 Å². The van der Waals surface area contributed by atoms with Crippen molar-refractivity contribution in [3.63, 3.8) is 0 Å². The molecule has 2 aliphatic rings. The molecule has 3 aromatic rings. The average Bonchev–Trinajstić information content (AvgIpc) is 3.22. The Morgan fingerprint density at radius 3 is 2.40 bits per heavy atom. The lowest BCUT2D eigenvalue weighted by molar-refractivity contribution is -0.112. The molecular formula is C24H20Cl2N2O2. The lowest BCUT2D eigenvalue weighted by Gasteiger charge is -2.46. The first kappa shape index (κ1) is 19.3. The Morgan fingerprint density at radius 2 is 1.70 bits per heavy atom. The van der Waals surface area contributed by atoms with E-state index in [2.05, 4.69) is 5.01 Å². The predicted octanol–water partition coefficient (Wildman–Crippen LogP) is 6.42. The Morgan fingerprint density at radius 1 is 1.00 bits per heavy atom. The van der Waals surface area contributed by atoms with Gasteiger partial charge in [0.25, 0.3) is 0 Å². The van der Waals surface area contributed by atoms with E-state index < -0.39 is 5.72 Å². The highest BCUT2D eigenvalue weighted by Gasteiger charge is 2.48. The van der Waals surface area contributed by atoms with Crippen molar-refractivity contribution in [1.82, 2.24) is 5.01 Å². The summed E-state index contributed by atoms with van der Waals surface area (Å²) < 4.78 is 11.8. The van der Waals surface area contributed by atoms with Gasteiger partial charge in [0.1, 0.15) is 11.5 Å². The maximum absolute atomic E-state index is 6.53. The lowest BCUT2D eigenvalue weighted by atomic mass is 9.92. The Balaban J connectivity index is 1.62. The highest BCUT2D eigenvalue weighted by Crippen LogP contribution is 2.51. The van der Waals surface area contributed by atoms with Crippen LogP contribution >= 0.6 is 23.2 Å². The second kappa shape index (κ2) is 7.22. The van der Waals surface area contributed by atoms with Gasteiger partial charge in [-0.3, -0.25) is 0 Å². The lowest BCUT2D eigenvalue weighted by Crippen LogP contribution is -2.48. The molecule has 6 heteroatoms. The van der Waals surface area contributed by atoms with Crippen LogP contribution in [0.1, 0.15) is 36.1 Å². The minimum absolute atomic E-state index is 0.0187. The SMILES string of the molecule is COc1ccc(C2=NN3C(C2)c2cc(Cl)ccc2OC3(C)c2ccc(Cl)cc2)cc1. The fourth-order valence-electron chi connectivity index (χ4n) is 4.19. The molecule has 2 unspecified atom stereocenters. The molecule has 0 spiro atoms. The van der Waals surface area contributed by atoms with Gasteiger partial charge in [0.2, 0.25) is 5.72 Å². The number of rotatable bonds is 3. The van der Waals surface area contributed by atoms with Crippen molar-refractivity contribution < 1.29 is 9.47 Å². The molecule has 0 aliphatic carbocycles. The molecule has 0 saturated carbocycles. The molecule has 2 atom stereocenters. The second-order valence-electron chi connectivity index (χ2n) is 7.61. The van der Waals surface area contributed by atoms with Crippen molar-refractivity contribution >= 4 is 28.9 Å². The molecule has 30 heavy (non-hydrogen) atoms. The van der Waals surface area contributed by atoms with Crippen LogP contribution in [0, 0.1) is 0 Å². The first-order chi connectivity index (χ1) is 14.5. The zero-order valence-corrected chi connectivity index (χ0v) is 18.1. The third kappa shape index (κ3) is 3.11. The number of nitrogens with zero attached hydrogens (tertiary/aromatic N) is 2. The van der Waals surface area contributed by atoms with E-state index in [0.29, 0.717) is 10.0 Å². The minimum atomic E-state index is -0.774. The quantitative estimate of drug-likeness (QED) is 0.473. The highest BCUT2D eigenvalue weighted by atomic mass is 35.5. The topological polar surface area (TPSA) is 34.1 Å². The molecule has 3 aromatic carbocycles. The Labute approximate surface area is 185 Å². The third-order valence-electron chi connectivity index (χ3n) is 5.79. The van der Waals surface area contributed by atoms with Crippen molar-refractivity contribution in [3.8, 4) is 11.5 Å². The molecule has 0 amide bonds. The van der Waals surface area contributed by atoms with E-state index in [1.165, 1.54) is 0 Å². The van der Waals surface area contributed by atoms with Gasteiger partial charge in [-0.05, 0) is 60.2 Å². The van der Waals surface area contributed by atoms with Gasteiger partial charge in [-0.1, -0.05) is 35.3 Å². The Hall–Kier alpha value is -2.69. The molecular weight excluding hydrogens is 419 g/mol. The monoisotopic (exact) mass is 438 g/mol. The molecule has 5 rings (SSSR count). The van der Waals surface area contributed by atoms with E-state index in [0.717, 1.165) is 40.3 Å². The molecule has 0 N–H and O–H groups in total. The summed E-state index contributed by atoms with van der Waals surface area (Å²) in [6.07, 6.45) is 0.756. The zero-order valence-electron chi connectivity index (χ0n) is 16.6. The molecule has 0 fully saturated rings. The first-order valence-electron chi connectivity index (χ1n) is 9.74. The van der Waals surface area contributed by atoms with Gasteiger partial charge in [0.15, 0.2) is 0 Å². The molecule has 152 valence electrons. The van der Waals surface area contributed by atoms with E-state index >= 15 is 0 Å². The van der Waals surface area contributed by atoms with Crippen LogP contribution in [-0.2, 0) is 5.72 Å². The number of fused-ring (bicyclic) bond motifs is 3. The van der Waals surface area contributed by atoms with Crippen LogP contribution in [0.4, 0.5) is 0 Å². The number of hydrogen-bond acceptors (Lipinski definition) is 4. The summed E-state index contributed by atoms with van der Waals surface area (Å²) in [5.74, 6) is 1.64. The predicted molar refractivity (Wildman–Crippen MR) is 120 cm³/mol. The van der Waals surface area contributed by atoms with E-state index in [1.54, 1.807) is 7.11 Å². The summed E-state index contributed by atoms with van der Waals surface area (Å²) in [7, 11) is 1.66. The normalized spacial score (nSPS) is 22.1. The maximum atomic E-state index is 6.53. The largest absolute Gasteiger partial charge is 0.497 e. The van der Waals surface area contributed by atoms with Gasteiger partial charge < -0.3 is 9.47 Å². The fourth-order valence-corrected chi connectivity index (χ4v) is 4.49. The Kier molecular flexibility index (Phi) is 4.64. The van der Waals surface area contributed by atoms with Gasteiger partial charge >= 0.3 is 0 Å². The number of methoxy groups -OCH3 is 1. The van der Waals surface area contributed by atoms with E-state index in [-0.39, 0.29) is 6.04 Å². The molecule has 0 aromatic heterocycles. The zero-order chi connectivity index (χ0) is 20.9. The van der Waals surface area contributed by atoms with Crippen LogP contribution in [0.5, 0.6) is 11.5 Å². The summed E-state index contributed by atoms with van der Waals surface area (Å²) in [4.78, 5) is 0. The van der Waals surface area contributed by atoms with Gasteiger partial charge in [-0.15, -0.1) is 0 Å². The van der Waals surface area contributed by atoms with Crippen LogP contribution < -0.4 is 9.47 Å². The molecule has 0 radical (unpaired) electrons.